The first-order valence-corrected chi connectivity index (χ1v) is 10.2. The number of imide groups is 1. The van der Waals surface area contributed by atoms with E-state index in [4.69, 9.17) is 11.6 Å². The van der Waals surface area contributed by atoms with Crippen LogP contribution in [-0.4, -0.2) is 39.5 Å². The summed E-state index contributed by atoms with van der Waals surface area (Å²) in [4.78, 5) is 23.1. The maximum atomic E-state index is 11.8. The summed E-state index contributed by atoms with van der Waals surface area (Å²) in [6, 6.07) is 6.92. The third-order valence-corrected chi connectivity index (χ3v) is 5.09. The SMILES string of the molecule is CCCCCCn1c(SCC(=O)NC(=O)NC)nnc1-c1ccc(Cl)cc1. The van der Waals surface area contributed by atoms with Crippen LogP contribution in [0.25, 0.3) is 11.4 Å². The fourth-order valence-corrected chi connectivity index (χ4v) is 3.35. The molecule has 2 rings (SSSR count). The largest absolute Gasteiger partial charge is 0.341 e. The minimum absolute atomic E-state index is 0.0845. The number of amides is 3. The van der Waals surface area contributed by atoms with Crippen LogP contribution in [0.5, 0.6) is 0 Å². The Balaban J connectivity index is 2.13. The molecule has 0 spiro atoms. The number of nitrogens with zero attached hydrogens (tertiary/aromatic N) is 3. The van der Waals surface area contributed by atoms with E-state index in [9.17, 15) is 9.59 Å². The van der Waals surface area contributed by atoms with Crippen molar-refractivity contribution in [1.82, 2.24) is 25.4 Å². The Kier molecular flexibility index (Phi) is 8.60. The minimum atomic E-state index is -0.525. The lowest BCUT2D eigenvalue weighted by molar-refractivity contribution is -0.117. The molecule has 0 saturated carbocycles. The van der Waals surface area contributed by atoms with Crippen molar-refractivity contribution >= 4 is 35.3 Å². The van der Waals surface area contributed by atoms with Crippen molar-refractivity contribution in [2.24, 2.45) is 0 Å². The molecule has 9 heteroatoms. The summed E-state index contributed by atoms with van der Waals surface area (Å²) in [6.07, 6.45) is 4.46. The third kappa shape index (κ3) is 6.55. The van der Waals surface area contributed by atoms with Gasteiger partial charge in [-0.2, -0.15) is 0 Å². The van der Waals surface area contributed by atoms with Gasteiger partial charge in [-0.3, -0.25) is 10.1 Å². The highest BCUT2D eigenvalue weighted by Gasteiger charge is 2.16. The molecule has 0 radical (unpaired) electrons. The molecule has 0 aliphatic heterocycles. The van der Waals surface area contributed by atoms with Crippen LogP contribution >= 0.6 is 23.4 Å². The Morgan fingerprint density at radius 2 is 1.89 bits per heavy atom. The second-order valence-electron chi connectivity index (χ2n) is 5.94. The summed E-state index contributed by atoms with van der Waals surface area (Å²) in [7, 11) is 1.46. The van der Waals surface area contributed by atoms with E-state index in [1.165, 1.54) is 25.2 Å². The molecule has 0 unspecified atom stereocenters. The van der Waals surface area contributed by atoms with E-state index in [-0.39, 0.29) is 11.7 Å². The molecule has 2 aromatic rings. The zero-order chi connectivity index (χ0) is 19.6. The maximum Gasteiger partial charge on any atom is 0.321 e. The summed E-state index contributed by atoms with van der Waals surface area (Å²) in [5, 5.41) is 14.5. The van der Waals surface area contributed by atoms with Gasteiger partial charge in [-0.05, 0) is 30.7 Å². The standard InChI is InChI=1S/C18H24ClN5O2S/c1-3-4-5-6-11-24-16(13-7-9-14(19)10-8-13)22-23-18(24)27-12-15(25)21-17(26)20-2/h7-10H,3-6,11-12H2,1-2H3,(H2,20,21,25,26). The van der Waals surface area contributed by atoms with Crippen molar-refractivity contribution in [3.63, 3.8) is 0 Å². The summed E-state index contributed by atoms with van der Waals surface area (Å²) in [5.41, 5.74) is 0.920. The number of hydrogen-bond acceptors (Lipinski definition) is 5. The molecule has 0 aliphatic rings. The lowest BCUT2D eigenvalue weighted by atomic mass is 10.2. The van der Waals surface area contributed by atoms with Crippen LogP contribution in [0.4, 0.5) is 4.79 Å². The molecule has 1 aromatic carbocycles. The summed E-state index contributed by atoms with van der Waals surface area (Å²) >= 11 is 7.24. The molecular weight excluding hydrogens is 386 g/mol. The number of benzene rings is 1. The predicted molar refractivity (Wildman–Crippen MR) is 108 cm³/mol. The molecule has 0 atom stereocenters. The van der Waals surface area contributed by atoms with Crippen LogP contribution in [0.3, 0.4) is 0 Å². The first kappa shape index (κ1) is 21.2. The number of nitrogens with one attached hydrogen (secondary N) is 2. The third-order valence-electron chi connectivity index (χ3n) is 3.87. The minimum Gasteiger partial charge on any atom is -0.341 e. The van der Waals surface area contributed by atoms with Crippen LogP contribution in [0.15, 0.2) is 29.4 Å². The van der Waals surface area contributed by atoms with Gasteiger partial charge in [-0.25, -0.2) is 4.79 Å². The van der Waals surface area contributed by atoms with Gasteiger partial charge in [0.15, 0.2) is 11.0 Å². The van der Waals surface area contributed by atoms with E-state index < -0.39 is 6.03 Å². The van der Waals surface area contributed by atoms with Crippen LogP contribution < -0.4 is 10.6 Å². The Bertz CT molecular complexity index is 764. The average molecular weight is 410 g/mol. The van der Waals surface area contributed by atoms with Crippen LogP contribution in [-0.2, 0) is 11.3 Å². The van der Waals surface area contributed by atoms with E-state index in [1.54, 1.807) is 0 Å². The molecule has 0 saturated heterocycles. The molecule has 27 heavy (non-hydrogen) atoms. The van der Waals surface area contributed by atoms with Crippen molar-refractivity contribution in [1.29, 1.82) is 0 Å². The number of urea groups is 1. The number of halogens is 1. The van der Waals surface area contributed by atoms with E-state index in [0.29, 0.717) is 10.2 Å². The molecule has 1 aromatic heterocycles. The number of hydrogen-bond donors (Lipinski definition) is 2. The number of rotatable bonds is 9. The van der Waals surface area contributed by atoms with Gasteiger partial charge in [0, 0.05) is 24.2 Å². The first-order valence-electron chi connectivity index (χ1n) is 8.88. The molecule has 7 nitrogen and oxygen atoms in total. The van der Waals surface area contributed by atoms with Crippen molar-refractivity contribution in [3.05, 3.63) is 29.3 Å². The van der Waals surface area contributed by atoms with Gasteiger partial charge >= 0.3 is 6.03 Å². The maximum absolute atomic E-state index is 11.8. The normalized spacial score (nSPS) is 10.6. The van der Waals surface area contributed by atoms with Gasteiger partial charge < -0.3 is 9.88 Å². The molecule has 146 valence electrons. The monoisotopic (exact) mass is 409 g/mol. The Morgan fingerprint density at radius 1 is 1.15 bits per heavy atom. The Labute approximate surface area is 168 Å². The topological polar surface area (TPSA) is 88.9 Å². The Morgan fingerprint density at radius 3 is 2.56 bits per heavy atom. The van der Waals surface area contributed by atoms with Gasteiger partial charge in [0.2, 0.25) is 5.91 Å². The highest BCUT2D eigenvalue weighted by Crippen LogP contribution is 2.25. The molecule has 1 heterocycles. The fraction of sp³-hybridized carbons (Fsp3) is 0.444. The fourth-order valence-electron chi connectivity index (χ4n) is 2.46. The average Bonchev–Trinajstić information content (AvgIpc) is 3.07. The van der Waals surface area contributed by atoms with Gasteiger partial charge in [0.25, 0.3) is 0 Å². The quantitative estimate of drug-likeness (QED) is 0.486. The van der Waals surface area contributed by atoms with Gasteiger partial charge in [0.05, 0.1) is 5.75 Å². The van der Waals surface area contributed by atoms with E-state index >= 15 is 0 Å². The highest BCUT2D eigenvalue weighted by molar-refractivity contribution is 7.99. The van der Waals surface area contributed by atoms with Crippen LogP contribution in [0, 0.1) is 0 Å². The van der Waals surface area contributed by atoms with Crippen LogP contribution in [0.1, 0.15) is 32.6 Å². The number of aromatic nitrogens is 3. The zero-order valence-electron chi connectivity index (χ0n) is 15.5. The molecule has 0 aliphatic carbocycles. The summed E-state index contributed by atoms with van der Waals surface area (Å²) in [5.74, 6) is 0.450. The van der Waals surface area contributed by atoms with Gasteiger partial charge in [-0.1, -0.05) is 49.5 Å². The highest BCUT2D eigenvalue weighted by atomic mass is 35.5. The number of carbonyl (C=O) groups excluding carboxylic acids is 2. The first-order chi connectivity index (χ1) is 13.0. The second-order valence-corrected chi connectivity index (χ2v) is 7.32. The molecule has 3 amide bonds. The van der Waals surface area contributed by atoms with E-state index in [1.807, 2.05) is 28.8 Å². The van der Waals surface area contributed by atoms with Gasteiger partial charge in [0.1, 0.15) is 0 Å². The number of unbranched alkanes of at least 4 members (excludes halogenated alkanes) is 3. The smallest absolute Gasteiger partial charge is 0.321 e. The molecular formula is C18H24ClN5O2S. The zero-order valence-corrected chi connectivity index (χ0v) is 17.1. The lowest BCUT2D eigenvalue weighted by Crippen LogP contribution is -2.38. The Hall–Kier alpha value is -2.06. The van der Waals surface area contributed by atoms with E-state index in [0.717, 1.165) is 37.2 Å². The summed E-state index contributed by atoms with van der Waals surface area (Å²) < 4.78 is 2.02. The van der Waals surface area contributed by atoms with Crippen molar-refractivity contribution in [2.45, 2.75) is 44.3 Å². The van der Waals surface area contributed by atoms with Gasteiger partial charge in [-0.15, -0.1) is 10.2 Å². The predicted octanol–water partition coefficient (Wildman–Crippen LogP) is 3.73. The number of carbonyl (C=O) groups is 2. The van der Waals surface area contributed by atoms with Crippen molar-refractivity contribution < 1.29 is 9.59 Å². The lowest BCUT2D eigenvalue weighted by Gasteiger charge is -2.10. The summed E-state index contributed by atoms with van der Waals surface area (Å²) in [6.45, 7) is 2.94. The van der Waals surface area contributed by atoms with Crippen molar-refractivity contribution in [2.75, 3.05) is 12.8 Å². The molecule has 0 fully saturated rings. The van der Waals surface area contributed by atoms with Crippen LogP contribution in [0.2, 0.25) is 5.02 Å². The number of thioether (sulfide) groups is 1. The molecule has 0 bridgehead atoms. The second kappa shape index (κ2) is 10.9. The van der Waals surface area contributed by atoms with E-state index in [2.05, 4.69) is 27.8 Å². The van der Waals surface area contributed by atoms with Crippen molar-refractivity contribution in [3.8, 4) is 11.4 Å². The molecule has 2 N–H and O–H groups in total.